The standard InChI is InChI=1S/C18H21N3O/c1-2-3-5-12-19-18-17(14-8-10-15(22)11-9-14)20-16-7-4-6-13-21(16)18/h4,6-11,13,19,22H,2-3,5,12H2,1H3. The first-order valence-corrected chi connectivity index (χ1v) is 7.80. The maximum Gasteiger partial charge on any atom is 0.139 e. The van der Waals surface area contributed by atoms with E-state index in [1.807, 2.05) is 36.5 Å². The lowest BCUT2D eigenvalue weighted by atomic mass is 10.1. The highest BCUT2D eigenvalue weighted by Gasteiger charge is 2.13. The zero-order chi connectivity index (χ0) is 15.4. The number of phenolic OH excluding ortho intramolecular Hbond substituents is 1. The van der Waals surface area contributed by atoms with Gasteiger partial charge in [-0.3, -0.25) is 4.40 Å². The summed E-state index contributed by atoms with van der Waals surface area (Å²) in [6, 6.07) is 13.2. The highest BCUT2D eigenvalue weighted by Crippen LogP contribution is 2.29. The van der Waals surface area contributed by atoms with E-state index < -0.39 is 0 Å². The van der Waals surface area contributed by atoms with Crippen LogP contribution in [0.4, 0.5) is 5.82 Å². The van der Waals surface area contributed by atoms with Crippen molar-refractivity contribution in [2.24, 2.45) is 0 Å². The number of rotatable bonds is 6. The highest BCUT2D eigenvalue weighted by molar-refractivity contribution is 5.76. The van der Waals surface area contributed by atoms with Crippen molar-refractivity contribution in [1.82, 2.24) is 9.38 Å². The van der Waals surface area contributed by atoms with Crippen LogP contribution in [0, 0.1) is 0 Å². The minimum atomic E-state index is 0.268. The number of nitrogens with zero attached hydrogens (tertiary/aromatic N) is 2. The van der Waals surface area contributed by atoms with Crippen molar-refractivity contribution in [2.45, 2.75) is 26.2 Å². The number of hydrogen-bond acceptors (Lipinski definition) is 3. The van der Waals surface area contributed by atoms with Gasteiger partial charge in [0.1, 0.15) is 22.9 Å². The Morgan fingerprint density at radius 2 is 1.91 bits per heavy atom. The predicted octanol–water partition coefficient (Wildman–Crippen LogP) is 4.31. The number of imidazole rings is 1. The van der Waals surface area contributed by atoms with Gasteiger partial charge >= 0.3 is 0 Å². The highest BCUT2D eigenvalue weighted by atomic mass is 16.3. The van der Waals surface area contributed by atoms with E-state index in [1.54, 1.807) is 12.1 Å². The van der Waals surface area contributed by atoms with Crippen LogP contribution in [0.5, 0.6) is 5.75 Å². The molecule has 0 saturated carbocycles. The number of pyridine rings is 1. The molecular formula is C18H21N3O. The minimum absolute atomic E-state index is 0.268. The number of fused-ring (bicyclic) bond motifs is 1. The van der Waals surface area contributed by atoms with Gasteiger partial charge in [0.25, 0.3) is 0 Å². The SMILES string of the molecule is CCCCCNc1c(-c2ccc(O)cc2)nc2ccccn12. The van der Waals surface area contributed by atoms with Gasteiger partial charge in [0.2, 0.25) is 0 Å². The molecule has 0 aliphatic carbocycles. The first-order chi connectivity index (χ1) is 10.8. The molecule has 0 unspecified atom stereocenters. The summed E-state index contributed by atoms with van der Waals surface area (Å²) in [6.07, 6.45) is 5.60. The fraction of sp³-hybridized carbons (Fsp3) is 0.278. The lowest BCUT2D eigenvalue weighted by Crippen LogP contribution is -2.05. The van der Waals surface area contributed by atoms with Gasteiger partial charge in [-0.05, 0) is 42.8 Å². The normalized spacial score (nSPS) is 11.0. The topological polar surface area (TPSA) is 49.6 Å². The third-order valence-electron chi connectivity index (χ3n) is 3.74. The van der Waals surface area contributed by atoms with Gasteiger partial charge in [-0.2, -0.15) is 0 Å². The Hall–Kier alpha value is -2.49. The molecule has 0 amide bonds. The number of nitrogens with one attached hydrogen (secondary N) is 1. The van der Waals surface area contributed by atoms with E-state index in [-0.39, 0.29) is 5.75 Å². The van der Waals surface area contributed by atoms with Crippen LogP contribution in [-0.2, 0) is 0 Å². The van der Waals surface area contributed by atoms with E-state index in [1.165, 1.54) is 12.8 Å². The van der Waals surface area contributed by atoms with E-state index in [9.17, 15) is 5.11 Å². The minimum Gasteiger partial charge on any atom is -0.508 e. The lowest BCUT2D eigenvalue weighted by molar-refractivity contribution is 0.475. The Balaban J connectivity index is 1.98. The average molecular weight is 295 g/mol. The van der Waals surface area contributed by atoms with Gasteiger partial charge in [0.05, 0.1) is 0 Å². The summed E-state index contributed by atoms with van der Waals surface area (Å²) in [6.45, 7) is 3.14. The average Bonchev–Trinajstić information content (AvgIpc) is 2.91. The van der Waals surface area contributed by atoms with Crippen LogP contribution in [0.2, 0.25) is 0 Å². The molecule has 0 saturated heterocycles. The maximum absolute atomic E-state index is 9.47. The first-order valence-electron chi connectivity index (χ1n) is 7.80. The first kappa shape index (κ1) is 14.4. The number of benzene rings is 1. The second-order valence-electron chi connectivity index (χ2n) is 5.42. The molecule has 114 valence electrons. The van der Waals surface area contributed by atoms with E-state index in [0.717, 1.165) is 35.7 Å². The molecule has 3 aromatic rings. The summed E-state index contributed by atoms with van der Waals surface area (Å²) in [5.41, 5.74) is 2.84. The fourth-order valence-corrected chi connectivity index (χ4v) is 2.57. The molecule has 0 aliphatic rings. The van der Waals surface area contributed by atoms with Crippen molar-refractivity contribution in [3.8, 4) is 17.0 Å². The smallest absolute Gasteiger partial charge is 0.139 e. The Kier molecular flexibility index (Phi) is 4.28. The predicted molar refractivity (Wildman–Crippen MR) is 90.3 cm³/mol. The summed E-state index contributed by atoms with van der Waals surface area (Å²) in [5.74, 6) is 1.28. The molecule has 0 fully saturated rings. The van der Waals surface area contributed by atoms with Crippen LogP contribution in [0.15, 0.2) is 48.7 Å². The lowest BCUT2D eigenvalue weighted by Gasteiger charge is -2.08. The van der Waals surface area contributed by atoms with Crippen molar-refractivity contribution in [3.05, 3.63) is 48.7 Å². The maximum atomic E-state index is 9.47. The zero-order valence-corrected chi connectivity index (χ0v) is 12.8. The van der Waals surface area contributed by atoms with Crippen LogP contribution in [0.3, 0.4) is 0 Å². The molecule has 1 aromatic carbocycles. The van der Waals surface area contributed by atoms with Crippen LogP contribution in [0.25, 0.3) is 16.9 Å². The van der Waals surface area contributed by atoms with Gasteiger partial charge in [0.15, 0.2) is 0 Å². The summed E-state index contributed by atoms with van der Waals surface area (Å²) in [5, 5.41) is 13.0. The van der Waals surface area contributed by atoms with Gasteiger partial charge in [0, 0.05) is 18.3 Å². The quantitative estimate of drug-likeness (QED) is 0.666. The third kappa shape index (κ3) is 2.91. The zero-order valence-electron chi connectivity index (χ0n) is 12.8. The van der Waals surface area contributed by atoms with Crippen LogP contribution in [0.1, 0.15) is 26.2 Å². The van der Waals surface area contributed by atoms with Crippen molar-refractivity contribution < 1.29 is 5.11 Å². The van der Waals surface area contributed by atoms with Crippen molar-refractivity contribution in [1.29, 1.82) is 0 Å². The van der Waals surface area contributed by atoms with Crippen molar-refractivity contribution >= 4 is 11.5 Å². The number of phenols is 1. The van der Waals surface area contributed by atoms with Gasteiger partial charge < -0.3 is 10.4 Å². The van der Waals surface area contributed by atoms with Crippen LogP contribution >= 0.6 is 0 Å². The van der Waals surface area contributed by atoms with Crippen molar-refractivity contribution in [3.63, 3.8) is 0 Å². The summed E-state index contributed by atoms with van der Waals surface area (Å²) < 4.78 is 2.08. The van der Waals surface area contributed by atoms with E-state index in [0.29, 0.717) is 0 Å². The molecule has 3 rings (SSSR count). The summed E-state index contributed by atoms with van der Waals surface area (Å²) in [4.78, 5) is 4.73. The van der Waals surface area contributed by atoms with E-state index in [2.05, 4.69) is 16.6 Å². The Labute approximate surface area is 130 Å². The second-order valence-corrected chi connectivity index (χ2v) is 5.42. The molecule has 4 heteroatoms. The number of aromatic nitrogens is 2. The molecule has 22 heavy (non-hydrogen) atoms. The molecule has 0 atom stereocenters. The van der Waals surface area contributed by atoms with Gasteiger partial charge in [-0.1, -0.05) is 25.8 Å². The summed E-state index contributed by atoms with van der Waals surface area (Å²) >= 11 is 0. The molecule has 2 aromatic heterocycles. The Morgan fingerprint density at radius 1 is 1.09 bits per heavy atom. The second kappa shape index (κ2) is 6.52. The van der Waals surface area contributed by atoms with Crippen LogP contribution < -0.4 is 5.32 Å². The Bertz CT molecular complexity index is 747. The van der Waals surface area contributed by atoms with E-state index in [4.69, 9.17) is 4.98 Å². The monoisotopic (exact) mass is 295 g/mol. The van der Waals surface area contributed by atoms with Crippen LogP contribution in [-0.4, -0.2) is 21.0 Å². The fourth-order valence-electron chi connectivity index (χ4n) is 2.57. The molecule has 0 spiro atoms. The number of aromatic hydroxyl groups is 1. The Morgan fingerprint density at radius 3 is 2.68 bits per heavy atom. The van der Waals surface area contributed by atoms with Crippen molar-refractivity contribution in [2.75, 3.05) is 11.9 Å². The molecule has 0 bridgehead atoms. The number of unbranched alkanes of at least 4 members (excludes halogenated alkanes) is 2. The third-order valence-corrected chi connectivity index (χ3v) is 3.74. The molecule has 4 nitrogen and oxygen atoms in total. The van der Waals surface area contributed by atoms with Gasteiger partial charge in [-0.15, -0.1) is 0 Å². The number of hydrogen-bond donors (Lipinski definition) is 2. The number of anilines is 1. The van der Waals surface area contributed by atoms with Gasteiger partial charge in [-0.25, -0.2) is 4.98 Å². The van der Waals surface area contributed by atoms with E-state index >= 15 is 0 Å². The largest absolute Gasteiger partial charge is 0.508 e. The molecule has 0 aliphatic heterocycles. The summed E-state index contributed by atoms with van der Waals surface area (Å²) in [7, 11) is 0. The molecule has 2 N–H and O–H groups in total. The molecule has 2 heterocycles. The molecule has 0 radical (unpaired) electrons. The molecular weight excluding hydrogens is 274 g/mol.